The number of pyridine rings is 3. The van der Waals surface area contributed by atoms with Gasteiger partial charge in [-0.3, -0.25) is 20.1 Å². The minimum atomic E-state index is 0.534. The Kier molecular flexibility index (Phi) is 5.58. The van der Waals surface area contributed by atoms with Gasteiger partial charge >= 0.3 is 0 Å². The molecule has 0 fully saturated rings. The van der Waals surface area contributed by atoms with Gasteiger partial charge in [-0.15, -0.1) is 11.3 Å². The number of nitrogens with one attached hydrogen (secondary N) is 3. The van der Waals surface area contributed by atoms with Crippen LogP contribution >= 0.6 is 11.3 Å². The highest BCUT2D eigenvalue weighted by Crippen LogP contribution is 2.35. The highest BCUT2D eigenvalue weighted by molar-refractivity contribution is 7.13. The molecule has 0 aliphatic carbocycles. The summed E-state index contributed by atoms with van der Waals surface area (Å²) >= 11 is 1.68. The molecule has 0 bridgehead atoms. The van der Waals surface area contributed by atoms with Crippen molar-refractivity contribution in [2.75, 3.05) is 5.32 Å². The fourth-order valence-corrected chi connectivity index (χ4v) is 5.20. The number of anilines is 1. The molecule has 0 radical (unpaired) electrons. The van der Waals surface area contributed by atoms with Crippen molar-refractivity contribution in [1.82, 2.24) is 30.1 Å². The van der Waals surface area contributed by atoms with Crippen molar-refractivity contribution < 1.29 is 0 Å². The highest BCUT2D eigenvalue weighted by Gasteiger charge is 2.16. The Balaban J connectivity index is 1.38. The molecule has 6 aromatic rings. The molecule has 0 aliphatic heterocycles. The second-order valence-corrected chi connectivity index (χ2v) is 10.2. The number of H-pyrrole nitrogens is 2. The van der Waals surface area contributed by atoms with E-state index in [2.05, 4.69) is 79.5 Å². The fourth-order valence-electron chi connectivity index (χ4n) is 4.47. The van der Waals surface area contributed by atoms with Crippen LogP contribution in [0, 0.1) is 5.92 Å². The predicted octanol–water partition coefficient (Wildman–Crippen LogP) is 7.26. The van der Waals surface area contributed by atoms with Crippen LogP contribution in [0.2, 0.25) is 0 Å². The topological polar surface area (TPSA) is 95.2 Å². The molecule has 3 N–H and O–H groups in total. The third-order valence-electron chi connectivity index (χ3n) is 6.01. The van der Waals surface area contributed by atoms with Crippen LogP contribution in [-0.4, -0.2) is 30.1 Å². The van der Waals surface area contributed by atoms with Gasteiger partial charge in [0.05, 0.1) is 45.6 Å². The molecule has 6 heterocycles. The summed E-state index contributed by atoms with van der Waals surface area (Å²) in [6.07, 6.45) is 8.19. The zero-order chi connectivity index (χ0) is 24.6. The number of fused-ring (bicyclic) bond motifs is 2. The van der Waals surface area contributed by atoms with E-state index < -0.39 is 0 Å². The molecule has 6 rings (SSSR count). The summed E-state index contributed by atoms with van der Waals surface area (Å²) in [5.74, 6) is 0.534. The second-order valence-electron chi connectivity index (χ2n) is 9.26. The molecular weight excluding hydrogens is 466 g/mol. The first-order valence-corrected chi connectivity index (χ1v) is 12.7. The van der Waals surface area contributed by atoms with Crippen molar-refractivity contribution in [3.05, 3.63) is 78.8 Å². The maximum atomic E-state index is 4.66. The van der Waals surface area contributed by atoms with Crippen LogP contribution in [0.15, 0.2) is 78.8 Å². The Morgan fingerprint density at radius 3 is 2.75 bits per heavy atom. The van der Waals surface area contributed by atoms with Crippen LogP contribution < -0.4 is 5.32 Å². The monoisotopic (exact) mass is 491 g/mol. The van der Waals surface area contributed by atoms with Crippen molar-refractivity contribution in [2.24, 2.45) is 5.92 Å². The Morgan fingerprint density at radius 2 is 1.92 bits per heavy atom. The van der Waals surface area contributed by atoms with Crippen molar-refractivity contribution >= 4 is 38.8 Å². The Hall–Kier alpha value is -4.30. The van der Waals surface area contributed by atoms with E-state index in [1.165, 1.54) is 0 Å². The Morgan fingerprint density at radius 1 is 1.03 bits per heavy atom. The van der Waals surface area contributed by atoms with Crippen molar-refractivity contribution in [3.8, 4) is 33.2 Å². The molecule has 6 aromatic heterocycles. The Bertz CT molecular complexity index is 1690. The molecule has 0 aromatic carbocycles. The quantitative estimate of drug-likeness (QED) is 0.218. The van der Waals surface area contributed by atoms with Crippen molar-refractivity contribution in [3.63, 3.8) is 0 Å². The highest BCUT2D eigenvalue weighted by atomic mass is 32.1. The molecule has 8 heteroatoms. The molecule has 0 amide bonds. The minimum absolute atomic E-state index is 0.534. The van der Waals surface area contributed by atoms with Crippen LogP contribution in [0.1, 0.15) is 20.3 Å². The molecule has 0 aliphatic rings. The van der Waals surface area contributed by atoms with Gasteiger partial charge in [0.1, 0.15) is 5.69 Å². The van der Waals surface area contributed by atoms with E-state index in [0.717, 1.165) is 72.8 Å². The lowest BCUT2D eigenvalue weighted by Gasteiger charge is -2.12. The smallest absolute Gasteiger partial charge is 0.116 e. The number of rotatable bonds is 7. The minimum Gasteiger partial charge on any atom is -0.358 e. The number of aromatic amines is 2. The largest absolute Gasteiger partial charge is 0.358 e. The molecule has 36 heavy (non-hydrogen) atoms. The van der Waals surface area contributed by atoms with Crippen LogP contribution in [0.4, 0.5) is 5.69 Å². The molecule has 178 valence electrons. The lowest BCUT2D eigenvalue weighted by Crippen LogP contribution is -2.02. The van der Waals surface area contributed by atoms with Gasteiger partial charge in [-0.1, -0.05) is 26.5 Å². The number of hydrogen-bond acceptors (Lipinski definition) is 6. The first kappa shape index (κ1) is 22.2. The lowest BCUT2D eigenvalue weighted by molar-refractivity contribution is 0.645. The fraction of sp³-hybridized carbons (Fsp3) is 0.143. The van der Waals surface area contributed by atoms with Gasteiger partial charge in [0.2, 0.25) is 0 Å². The number of allylic oxidation sites excluding steroid dienone is 1. The summed E-state index contributed by atoms with van der Waals surface area (Å²) in [6.45, 7) is 8.49. The van der Waals surface area contributed by atoms with E-state index in [0.29, 0.717) is 5.92 Å². The summed E-state index contributed by atoms with van der Waals surface area (Å²) in [4.78, 5) is 18.4. The zero-order valence-electron chi connectivity index (χ0n) is 20.0. The van der Waals surface area contributed by atoms with E-state index in [1.54, 1.807) is 17.5 Å². The molecule has 0 unspecified atom stereocenters. The molecule has 0 atom stereocenters. The third-order valence-corrected chi connectivity index (χ3v) is 6.89. The number of aromatic nitrogens is 6. The van der Waals surface area contributed by atoms with Gasteiger partial charge in [0.25, 0.3) is 0 Å². The number of nitrogens with zero attached hydrogens (tertiary/aromatic N) is 4. The second kappa shape index (κ2) is 9.05. The zero-order valence-corrected chi connectivity index (χ0v) is 20.9. The first-order chi connectivity index (χ1) is 17.5. The van der Waals surface area contributed by atoms with Crippen molar-refractivity contribution in [1.29, 1.82) is 0 Å². The van der Waals surface area contributed by atoms with Gasteiger partial charge in [-0.2, -0.15) is 5.10 Å². The number of thiophene rings is 1. The van der Waals surface area contributed by atoms with Gasteiger partial charge in [-0.05, 0) is 48.1 Å². The molecule has 7 nitrogen and oxygen atoms in total. The maximum Gasteiger partial charge on any atom is 0.116 e. The average Bonchev–Trinajstić information content (AvgIpc) is 3.62. The number of hydrogen-bond donors (Lipinski definition) is 3. The molecule has 0 saturated heterocycles. The summed E-state index contributed by atoms with van der Waals surface area (Å²) < 4.78 is 0. The maximum absolute atomic E-state index is 4.66. The van der Waals surface area contributed by atoms with Crippen LogP contribution in [0.5, 0.6) is 0 Å². The SMILES string of the molecule is C=C(CC(C)C)Nc1cncc(-c2cc3c(-c4cc5c(-c6cccs6)nccc5[nH]4)n[nH]c3cn2)c1. The lowest BCUT2D eigenvalue weighted by atomic mass is 10.1. The average molecular weight is 492 g/mol. The first-order valence-electron chi connectivity index (χ1n) is 11.8. The Labute approximate surface area is 212 Å². The van der Waals surface area contributed by atoms with E-state index in [1.807, 2.05) is 36.8 Å². The molecule has 0 saturated carbocycles. The predicted molar refractivity (Wildman–Crippen MR) is 148 cm³/mol. The van der Waals surface area contributed by atoms with Gasteiger partial charge in [0, 0.05) is 39.9 Å². The van der Waals surface area contributed by atoms with E-state index in [4.69, 9.17) is 0 Å². The van der Waals surface area contributed by atoms with E-state index in [-0.39, 0.29) is 0 Å². The van der Waals surface area contributed by atoms with Gasteiger partial charge < -0.3 is 10.3 Å². The van der Waals surface area contributed by atoms with Crippen LogP contribution in [0.25, 0.3) is 55.0 Å². The summed E-state index contributed by atoms with van der Waals surface area (Å²) in [6, 6.07) is 12.4. The van der Waals surface area contributed by atoms with Crippen molar-refractivity contribution in [2.45, 2.75) is 20.3 Å². The molecular formula is C28H25N7S. The van der Waals surface area contributed by atoms with Crippen LogP contribution in [-0.2, 0) is 0 Å². The standard InChI is InChI=1S/C28H25N7S/c1-16(2)9-17(3)32-19-10-18(13-29-14-19)23-11-21-25(15-31-23)34-35-27(21)24-12-20-22(33-24)6-7-30-28(20)26-5-4-8-36-26/h4-8,10-16,32-33H,3,9H2,1-2H3,(H,34,35). The normalized spacial score (nSPS) is 11.5. The van der Waals surface area contributed by atoms with Gasteiger partial charge in [-0.25, -0.2) is 0 Å². The summed E-state index contributed by atoms with van der Waals surface area (Å²) in [7, 11) is 0. The van der Waals surface area contributed by atoms with E-state index in [9.17, 15) is 0 Å². The third kappa shape index (κ3) is 4.16. The summed E-state index contributed by atoms with van der Waals surface area (Å²) in [5, 5.41) is 15.2. The van der Waals surface area contributed by atoms with E-state index >= 15 is 0 Å². The van der Waals surface area contributed by atoms with Crippen LogP contribution in [0.3, 0.4) is 0 Å². The van der Waals surface area contributed by atoms with Gasteiger partial charge in [0.15, 0.2) is 0 Å². The molecule has 0 spiro atoms. The summed E-state index contributed by atoms with van der Waals surface area (Å²) in [5.41, 5.74) is 8.26.